The van der Waals surface area contributed by atoms with E-state index in [0.29, 0.717) is 13.0 Å². The van der Waals surface area contributed by atoms with E-state index in [1.807, 2.05) is 10.6 Å². The Kier molecular flexibility index (Phi) is 2.81. The number of aryl methyl sites for hydroxylation is 1. The van der Waals surface area contributed by atoms with Gasteiger partial charge in [-0.2, -0.15) is 0 Å². The summed E-state index contributed by atoms with van der Waals surface area (Å²) < 4.78 is 15.1. The number of carboxylic acid groups (broad SMARTS) is 1. The first kappa shape index (κ1) is 11.9. The maximum Gasteiger partial charge on any atom is 0.356 e. The van der Waals surface area contributed by atoms with E-state index in [1.165, 1.54) is 6.07 Å². The van der Waals surface area contributed by atoms with Gasteiger partial charge in [0.05, 0.1) is 0 Å². The molecule has 0 bridgehead atoms. The molecule has 0 radical (unpaired) electrons. The first-order valence-electron chi connectivity index (χ1n) is 6.18. The lowest BCUT2D eigenvalue weighted by molar-refractivity contribution is 0.0691. The van der Waals surface area contributed by atoms with E-state index in [4.69, 9.17) is 5.11 Å². The van der Waals surface area contributed by atoms with Gasteiger partial charge in [-0.05, 0) is 24.1 Å². The van der Waals surface area contributed by atoms with Crippen LogP contribution in [0, 0.1) is 5.82 Å². The molecule has 1 aromatic heterocycles. The number of rotatable bonds is 2. The average molecular weight is 260 g/mol. The van der Waals surface area contributed by atoms with E-state index < -0.39 is 5.97 Å². The molecule has 4 nitrogen and oxygen atoms in total. The monoisotopic (exact) mass is 260 g/mol. The van der Waals surface area contributed by atoms with E-state index in [1.54, 1.807) is 18.3 Å². The number of benzene rings is 1. The van der Waals surface area contributed by atoms with E-state index in [0.717, 1.165) is 17.8 Å². The molecule has 2 heterocycles. The second-order valence-electron chi connectivity index (χ2n) is 4.79. The number of fused-ring (bicyclic) bond motifs is 1. The summed E-state index contributed by atoms with van der Waals surface area (Å²) in [7, 11) is 0. The third kappa shape index (κ3) is 2.23. The van der Waals surface area contributed by atoms with Gasteiger partial charge in [-0.3, -0.25) is 0 Å². The summed E-state index contributed by atoms with van der Waals surface area (Å²) in [5.74, 6) is -0.242. The lowest BCUT2D eigenvalue weighted by Gasteiger charge is -2.24. The van der Waals surface area contributed by atoms with Crippen LogP contribution in [-0.2, 0) is 13.0 Å². The van der Waals surface area contributed by atoms with Crippen molar-refractivity contribution < 1.29 is 14.3 Å². The van der Waals surface area contributed by atoms with E-state index in [-0.39, 0.29) is 17.4 Å². The van der Waals surface area contributed by atoms with Gasteiger partial charge in [-0.1, -0.05) is 12.1 Å². The Morgan fingerprint density at radius 3 is 3.05 bits per heavy atom. The zero-order valence-electron chi connectivity index (χ0n) is 10.2. The molecule has 3 rings (SSSR count). The summed E-state index contributed by atoms with van der Waals surface area (Å²) in [6.07, 6.45) is 3.14. The molecule has 1 aromatic carbocycles. The van der Waals surface area contributed by atoms with Gasteiger partial charge in [0.2, 0.25) is 0 Å². The Bertz CT molecular complexity index is 636. The van der Waals surface area contributed by atoms with Crippen LogP contribution < -0.4 is 0 Å². The standard InChI is InChI=1S/C14H13FN2O2/c15-11-3-1-2-9(6-11)10-4-5-13-16-12(14(18)19)8-17(13)7-10/h1-3,6,8,10H,4-5,7H2,(H,18,19). The number of aromatic nitrogens is 2. The van der Waals surface area contributed by atoms with Crippen LogP contribution in [0.1, 0.15) is 34.2 Å². The van der Waals surface area contributed by atoms with Crippen LogP contribution in [0.5, 0.6) is 0 Å². The Morgan fingerprint density at radius 1 is 1.47 bits per heavy atom. The molecule has 19 heavy (non-hydrogen) atoms. The van der Waals surface area contributed by atoms with Gasteiger partial charge in [-0.25, -0.2) is 14.2 Å². The van der Waals surface area contributed by atoms with Crippen molar-refractivity contribution in [1.82, 2.24) is 9.55 Å². The SMILES string of the molecule is O=C(O)c1cn2c(n1)CCC(c1cccc(F)c1)C2. The van der Waals surface area contributed by atoms with Crippen molar-refractivity contribution in [2.24, 2.45) is 0 Å². The maximum atomic E-state index is 13.2. The summed E-state index contributed by atoms with van der Waals surface area (Å²) >= 11 is 0. The lowest BCUT2D eigenvalue weighted by atomic mass is 9.91. The molecule has 1 atom stereocenters. The fourth-order valence-corrected chi connectivity index (χ4v) is 2.58. The van der Waals surface area contributed by atoms with Crippen LogP contribution >= 0.6 is 0 Å². The predicted octanol–water partition coefficient (Wildman–Crippen LogP) is 2.45. The minimum atomic E-state index is -1.01. The maximum absolute atomic E-state index is 13.2. The molecular formula is C14H13FN2O2. The Balaban J connectivity index is 1.87. The molecule has 0 saturated heterocycles. The number of imidazole rings is 1. The fraction of sp³-hybridized carbons (Fsp3) is 0.286. The summed E-state index contributed by atoms with van der Waals surface area (Å²) in [6, 6.07) is 6.59. The minimum absolute atomic E-state index is 0.0786. The Morgan fingerprint density at radius 2 is 2.32 bits per heavy atom. The number of aromatic carboxylic acids is 1. The number of carbonyl (C=O) groups is 1. The first-order valence-corrected chi connectivity index (χ1v) is 6.18. The highest BCUT2D eigenvalue weighted by Gasteiger charge is 2.23. The van der Waals surface area contributed by atoms with Crippen molar-refractivity contribution >= 4 is 5.97 Å². The van der Waals surface area contributed by atoms with E-state index in [2.05, 4.69) is 4.98 Å². The fourth-order valence-electron chi connectivity index (χ4n) is 2.58. The number of carboxylic acids is 1. The van der Waals surface area contributed by atoms with E-state index >= 15 is 0 Å². The second-order valence-corrected chi connectivity index (χ2v) is 4.79. The lowest BCUT2D eigenvalue weighted by Crippen LogP contribution is -2.18. The van der Waals surface area contributed by atoms with Crippen LogP contribution in [0.15, 0.2) is 30.5 Å². The molecular weight excluding hydrogens is 247 g/mol. The number of halogens is 1. The van der Waals surface area contributed by atoms with Crippen molar-refractivity contribution in [1.29, 1.82) is 0 Å². The largest absolute Gasteiger partial charge is 0.476 e. The quantitative estimate of drug-likeness (QED) is 0.902. The van der Waals surface area contributed by atoms with Gasteiger partial charge >= 0.3 is 5.97 Å². The van der Waals surface area contributed by atoms with Gasteiger partial charge < -0.3 is 9.67 Å². The second kappa shape index (κ2) is 4.50. The number of nitrogens with zero attached hydrogens (tertiary/aromatic N) is 2. The van der Waals surface area contributed by atoms with E-state index in [9.17, 15) is 9.18 Å². The van der Waals surface area contributed by atoms with Crippen molar-refractivity contribution in [3.05, 3.63) is 53.4 Å². The van der Waals surface area contributed by atoms with Gasteiger partial charge in [-0.15, -0.1) is 0 Å². The van der Waals surface area contributed by atoms with Gasteiger partial charge in [0.25, 0.3) is 0 Å². The molecule has 0 fully saturated rings. The Labute approximate surface area is 109 Å². The third-order valence-electron chi connectivity index (χ3n) is 3.53. The highest BCUT2D eigenvalue weighted by molar-refractivity contribution is 5.85. The number of hydrogen-bond donors (Lipinski definition) is 1. The first-order chi connectivity index (χ1) is 9.13. The van der Waals surface area contributed by atoms with Crippen molar-refractivity contribution in [2.45, 2.75) is 25.3 Å². The highest BCUT2D eigenvalue weighted by Crippen LogP contribution is 2.29. The van der Waals surface area contributed by atoms with Crippen molar-refractivity contribution in [3.8, 4) is 0 Å². The molecule has 1 aliphatic rings. The molecule has 1 unspecified atom stereocenters. The van der Waals surface area contributed by atoms with Gasteiger partial charge in [0, 0.05) is 25.1 Å². The zero-order valence-corrected chi connectivity index (χ0v) is 10.2. The molecule has 5 heteroatoms. The summed E-state index contributed by atoms with van der Waals surface area (Å²) in [4.78, 5) is 15.0. The average Bonchev–Trinajstić information content (AvgIpc) is 2.81. The topological polar surface area (TPSA) is 55.1 Å². The van der Waals surface area contributed by atoms with Crippen LogP contribution in [0.2, 0.25) is 0 Å². The predicted molar refractivity (Wildman–Crippen MR) is 66.6 cm³/mol. The smallest absolute Gasteiger partial charge is 0.356 e. The molecule has 0 aliphatic carbocycles. The summed E-state index contributed by atoms with van der Waals surface area (Å²) in [5.41, 5.74) is 1.03. The van der Waals surface area contributed by atoms with Crippen molar-refractivity contribution in [3.63, 3.8) is 0 Å². The molecule has 1 N–H and O–H groups in total. The zero-order chi connectivity index (χ0) is 13.4. The highest BCUT2D eigenvalue weighted by atomic mass is 19.1. The minimum Gasteiger partial charge on any atom is -0.476 e. The molecule has 0 saturated carbocycles. The van der Waals surface area contributed by atoms with Gasteiger partial charge in [0.15, 0.2) is 5.69 Å². The van der Waals surface area contributed by atoms with Crippen LogP contribution in [0.25, 0.3) is 0 Å². The molecule has 98 valence electrons. The van der Waals surface area contributed by atoms with Crippen LogP contribution in [-0.4, -0.2) is 20.6 Å². The van der Waals surface area contributed by atoms with Gasteiger partial charge in [0.1, 0.15) is 11.6 Å². The van der Waals surface area contributed by atoms with Crippen LogP contribution in [0.3, 0.4) is 0 Å². The summed E-state index contributed by atoms with van der Waals surface area (Å²) in [6.45, 7) is 0.652. The molecule has 1 aliphatic heterocycles. The van der Waals surface area contributed by atoms with Crippen LogP contribution in [0.4, 0.5) is 4.39 Å². The third-order valence-corrected chi connectivity index (χ3v) is 3.53. The van der Waals surface area contributed by atoms with Crippen molar-refractivity contribution in [2.75, 3.05) is 0 Å². The molecule has 0 amide bonds. The number of hydrogen-bond acceptors (Lipinski definition) is 2. The Hall–Kier alpha value is -2.17. The molecule has 0 spiro atoms. The summed E-state index contributed by atoms with van der Waals surface area (Å²) in [5, 5.41) is 8.93. The molecule has 2 aromatic rings. The normalized spacial score (nSPS) is 18.1.